The Morgan fingerprint density at radius 2 is 2.10 bits per heavy atom. The second-order valence-corrected chi connectivity index (χ2v) is 6.29. The molecule has 5 heteroatoms. The highest BCUT2D eigenvalue weighted by molar-refractivity contribution is 8.00. The molecule has 1 amide bonds. The first-order valence-corrected chi connectivity index (χ1v) is 7.84. The van der Waals surface area contributed by atoms with Crippen molar-refractivity contribution in [3.8, 4) is 0 Å². The maximum Gasteiger partial charge on any atom is 0.230 e. The molecule has 0 radical (unpaired) electrons. The van der Waals surface area contributed by atoms with Gasteiger partial charge in [-0.05, 0) is 45.4 Å². The van der Waals surface area contributed by atoms with Gasteiger partial charge in [-0.15, -0.1) is 24.2 Å². The molecule has 1 fully saturated rings. The second-order valence-electron chi connectivity index (χ2n) is 5.25. The van der Waals surface area contributed by atoms with E-state index in [0.717, 1.165) is 24.3 Å². The zero-order chi connectivity index (χ0) is 13.7. The smallest absolute Gasteiger partial charge is 0.230 e. The van der Waals surface area contributed by atoms with Crippen LogP contribution in [0.25, 0.3) is 0 Å². The average molecular weight is 315 g/mol. The van der Waals surface area contributed by atoms with Gasteiger partial charge in [0.25, 0.3) is 0 Å². The lowest BCUT2D eigenvalue weighted by molar-refractivity contribution is -0.119. The second kappa shape index (κ2) is 8.55. The maximum atomic E-state index is 11.9. The van der Waals surface area contributed by atoms with Crippen molar-refractivity contribution in [3.63, 3.8) is 0 Å². The largest absolute Gasteiger partial charge is 0.353 e. The van der Waals surface area contributed by atoms with E-state index in [9.17, 15) is 4.79 Å². The zero-order valence-electron chi connectivity index (χ0n) is 12.0. The Bertz CT molecular complexity index is 424. The molecule has 0 saturated carbocycles. The zero-order valence-corrected chi connectivity index (χ0v) is 13.7. The highest BCUT2D eigenvalue weighted by atomic mass is 35.5. The van der Waals surface area contributed by atoms with Gasteiger partial charge in [0.2, 0.25) is 5.91 Å². The van der Waals surface area contributed by atoms with Crippen molar-refractivity contribution in [2.75, 3.05) is 12.3 Å². The van der Waals surface area contributed by atoms with Crippen LogP contribution in [0.3, 0.4) is 0 Å². The Morgan fingerprint density at radius 3 is 2.75 bits per heavy atom. The molecule has 2 atom stereocenters. The molecular formula is C15H23ClN2OS. The van der Waals surface area contributed by atoms with E-state index in [4.69, 9.17) is 0 Å². The molecule has 1 aliphatic rings. The van der Waals surface area contributed by atoms with Crippen LogP contribution in [0.1, 0.15) is 25.3 Å². The predicted octanol–water partition coefficient (Wildman–Crippen LogP) is 2.77. The third kappa shape index (κ3) is 5.73. The number of hydrogen-bond acceptors (Lipinski definition) is 3. The van der Waals surface area contributed by atoms with Crippen LogP contribution in [0.2, 0.25) is 0 Å². The Balaban J connectivity index is 0.00000200. The monoisotopic (exact) mass is 314 g/mol. The molecule has 2 unspecified atom stereocenters. The summed E-state index contributed by atoms with van der Waals surface area (Å²) in [5.74, 6) is 0.645. The minimum Gasteiger partial charge on any atom is -0.353 e. The van der Waals surface area contributed by atoms with Gasteiger partial charge in [-0.3, -0.25) is 4.79 Å². The van der Waals surface area contributed by atoms with Gasteiger partial charge in [-0.25, -0.2) is 0 Å². The van der Waals surface area contributed by atoms with Crippen LogP contribution < -0.4 is 10.6 Å². The van der Waals surface area contributed by atoms with Crippen molar-refractivity contribution in [2.24, 2.45) is 0 Å². The van der Waals surface area contributed by atoms with Crippen LogP contribution >= 0.6 is 24.2 Å². The van der Waals surface area contributed by atoms with E-state index in [-0.39, 0.29) is 18.3 Å². The maximum absolute atomic E-state index is 11.9. The van der Waals surface area contributed by atoms with Crippen molar-refractivity contribution in [3.05, 3.63) is 29.8 Å². The van der Waals surface area contributed by atoms with Crippen LogP contribution in [0, 0.1) is 6.92 Å². The number of piperidine rings is 1. The third-order valence-electron chi connectivity index (χ3n) is 3.38. The Hall–Kier alpha value is -0.710. The Kier molecular flexibility index (Phi) is 7.41. The van der Waals surface area contributed by atoms with Gasteiger partial charge in [-0.1, -0.05) is 17.7 Å². The number of carbonyl (C=O) groups excluding carboxylic acids is 1. The van der Waals surface area contributed by atoms with Gasteiger partial charge in [0.15, 0.2) is 0 Å². The van der Waals surface area contributed by atoms with Gasteiger partial charge >= 0.3 is 0 Å². The first-order valence-electron chi connectivity index (χ1n) is 6.85. The number of aryl methyl sites for hydroxylation is 1. The predicted molar refractivity (Wildman–Crippen MR) is 87.8 cm³/mol. The number of hydrogen-bond donors (Lipinski definition) is 2. The first-order chi connectivity index (χ1) is 9.13. The van der Waals surface area contributed by atoms with Crippen molar-refractivity contribution in [2.45, 2.75) is 43.7 Å². The Labute approximate surface area is 131 Å². The third-order valence-corrected chi connectivity index (χ3v) is 4.39. The number of rotatable bonds is 4. The lowest BCUT2D eigenvalue weighted by Crippen LogP contribution is -2.47. The topological polar surface area (TPSA) is 41.1 Å². The molecule has 0 bridgehead atoms. The molecule has 3 nitrogen and oxygen atoms in total. The summed E-state index contributed by atoms with van der Waals surface area (Å²) in [4.78, 5) is 13.1. The molecule has 1 aliphatic heterocycles. The number of benzene rings is 1. The molecule has 2 N–H and O–H groups in total. The fourth-order valence-corrected chi connectivity index (χ4v) is 3.03. The molecule has 1 heterocycles. The van der Waals surface area contributed by atoms with Gasteiger partial charge in [0.05, 0.1) is 5.75 Å². The van der Waals surface area contributed by atoms with E-state index >= 15 is 0 Å². The number of amides is 1. The average Bonchev–Trinajstić information content (AvgIpc) is 2.38. The molecule has 2 rings (SSSR count). The minimum absolute atomic E-state index is 0. The lowest BCUT2D eigenvalue weighted by Gasteiger charge is -2.28. The standard InChI is InChI=1S/C15H22N2OS.ClH/c1-11-3-5-14(6-4-11)19-10-15(18)17-13-7-8-16-12(2)9-13;/h3-6,12-13,16H,7-10H2,1-2H3,(H,17,18);1H. The summed E-state index contributed by atoms with van der Waals surface area (Å²) in [5, 5.41) is 6.52. The van der Waals surface area contributed by atoms with E-state index in [2.05, 4.69) is 48.7 Å². The highest BCUT2D eigenvalue weighted by Gasteiger charge is 2.19. The quantitative estimate of drug-likeness (QED) is 0.840. The van der Waals surface area contributed by atoms with E-state index in [1.807, 2.05) is 0 Å². The fraction of sp³-hybridized carbons (Fsp3) is 0.533. The molecular weight excluding hydrogens is 292 g/mol. The van der Waals surface area contributed by atoms with E-state index < -0.39 is 0 Å². The molecule has 1 aromatic carbocycles. The molecule has 20 heavy (non-hydrogen) atoms. The van der Waals surface area contributed by atoms with Crippen LogP contribution in [-0.2, 0) is 4.79 Å². The van der Waals surface area contributed by atoms with Crippen LogP contribution in [0.4, 0.5) is 0 Å². The summed E-state index contributed by atoms with van der Waals surface area (Å²) >= 11 is 1.60. The summed E-state index contributed by atoms with van der Waals surface area (Å²) in [5.41, 5.74) is 1.25. The van der Waals surface area contributed by atoms with Crippen molar-refractivity contribution >= 4 is 30.1 Å². The molecule has 0 spiro atoms. The van der Waals surface area contributed by atoms with E-state index in [1.54, 1.807) is 11.8 Å². The normalized spacial score (nSPS) is 21.9. The SMILES string of the molecule is Cc1ccc(SCC(=O)NC2CCNC(C)C2)cc1.Cl. The van der Waals surface area contributed by atoms with Gasteiger partial charge in [0.1, 0.15) is 0 Å². The summed E-state index contributed by atoms with van der Waals surface area (Å²) in [7, 11) is 0. The summed E-state index contributed by atoms with van der Waals surface area (Å²) < 4.78 is 0. The summed E-state index contributed by atoms with van der Waals surface area (Å²) in [6.07, 6.45) is 2.06. The Morgan fingerprint density at radius 1 is 1.40 bits per heavy atom. The van der Waals surface area contributed by atoms with Crippen LogP contribution in [0.15, 0.2) is 29.2 Å². The highest BCUT2D eigenvalue weighted by Crippen LogP contribution is 2.18. The van der Waals surface area contributed by atoms with Gasteiger partial charge in [-0.2, -0.15) is 0 Å². The minimum atomic E-state index is 0. The van der Waals surface area contributed by atoms with Gasteiger partial charge in [0, 0.05) is 17.0 Å². The summed E-state index contributed by atoms with van der Waals surface area (Å²) in [6, 6.07) is 9.13. The van der Waals surface area contributed by atoms with Crippen molar-refractivity contribution in [1.29, 1.82) is 0 Å². The number of thioether (sulfide) groups is 1. The van der Waals surface area contributed by atoms with E-state index in [0.29, 0.717) is 17.8 Å². The molecule has 0 aromatic heterocycles. The molecule has 112 valence electrons. The lowest BCUT2D eigenvalue weighted by atomic mass is 10.0. The number of halogens is 1. The molecule has 1 saturated heterocycles. The van der Waals surface area contributed by atoms with Crippen molar-refractivity contribution < 1.29 is 4.79 Å². The fourth-order valence-electron chi connectivity index (χ4n) is 2.32. The van der Waals surface area contributed by atoms with Crippen LogP contribution in [0.5, 0.6) is 0 Å². The number of carbonyl (C=O) groups is 1. The van der Waals surface area contributed by atoms with E-state index in [1.165, 1.54) is 5.56 Å². The first kappa shape index (κ1) is 17.3. The molecule has 0 aliphatic carbocycles. The number of nitrogens with one attached hydrogen (secondary N) is 2. The van der Waals surface area contributed by atoms with Crippen molar-refractivity contribution in [1.82, 2.24) is 10.6 Å². The molecule has 1 aromatic rings. The summed E-state index contributed by atoms with van der Waals surface area (Å²) in [6.45, 7) is 5.23. The van der Waals surface area contributed by atoms with Gasteiger partial charge < -0.3 is 10.6 Å². The van der Waals surface area contributed by atoms with Crippen LogP contribution in [-0.4, -0.2) is 30.3 Å².